The van der Waals surface area contributed by atoms with Gasteiger partial charge in [-0.15, -0.1) is 0 Å². The number of carbonyl (C=O) groups is 1. The summed E-state index contributed by atoms with van der Waals surface area (Å²) in [6.07, 6.45) is 1.65. The molecular formula is C24H24N2O5S. The van der Waals surface area contributed by atoms with E-state index >= 15 is 0 Å². The highest BCUT2D eigenvalue weighted by molar-refractivity contribution is 7.89. The van der Waals surface area contributed by atoms with Crippen LogP contribution < -0.4 is 14.8 Å². The van der Waals surface area contributed by atoms with E-state index in [9.17, 15) is 13.2 Å². The lowest BCUT2D eigenvalue weighted by molar-refractivity contribution is 0.102. The first kappa shape index (κ1) is 21.9. The highest BCUT2D eigenvalue weighted by Gasteiger charge is 2.30. The Balaban J connectivity index is 1.56. The summed E-state index contributed by atoms with van der Waals surface area (Å²) in [7, 11) is -2.33. The van der Waals surface area contributed by atoms with Gasteiger partial charge in [-0.05, 0) is 55.3 Å². The van der Waals surface area contributed by atoms with Crippen LogP contribution in [0.1, 0.15) is 23.2 Å². The third kappa shape index (κ3) is 4.76. The topological polar surface area (TPSA) is 84.9 Å². The van der Waals surface area contributed by atoms with E-state index in [0.717, 1.165) is 12.8 Å². The summed E-state index contributed by atoms with van der Waals surface area (Å²) in [6, 6.07) is 20.7. The normalized spacial score (nSPS) is 14.2. The minimum absolute atomic E-state index is 0.00397. The molecule has 1 saturated heterocycles. The average molecular weight is 453 g/mol. The van der Waals surface area contributed by atoms with Crippen molar-refractivity contribution in [3.63, 3.8) is 0 Å². The van der Waals surface area contributed by atoms with Crippen molar-refractivity contribution in [2.75, 3.05) is 25.5 Å². The zero-order valence-electron chi connectivity index (χ0n) is 17.7. The number of carbonyl (C=O) groups excluding carboxylic acids is 1. The minimum Gasteiger partial charge on any atom is -0.495 e. The van der Waals surface area contributed by atoms with E-state index < -0.39 is 15.9 Å². The fourth-order valence-corrected chi connectivity index (χ4v) is 5.25. The van der Waals surface area contributed by atoms with E-state index in [4.69, 9.17) is 9.47 Å². The van der Waals surface area contributed by atoms with Crippen molar-refractivity contribution < 1.29 is 22.7 Å². The van der Waals surface area contributed by atoms with Crippen molar-refractivity contribution in [2.24, 2.45) is 0 Å². The Morgan fingerprint density at radius 3 is 2.34 bits per heavy atom. The average Bonchev–Trinajstić information content (AvgIpc) is 3.35. The molecule has 3 aromatic rings. The number of rotatable bonds is 7. The second-order valence-corrected chi connectivity index (χ2v) is 9.28. The molecule has 0 radical (unpaired) electrons. The van der Waals surface area contributed by atoms with Gasteiger partial charge in [0, 0.05) is 30.4 Å². The minimum atomic E-state index is -3.74. The summed E-state index contributed by atoms with van der Waals surface area (Å²) in [4.78, 5) is 12.9. The van der Waals surface area contributed by atoms with Gasteiger partial charge in [-0.2, -0.15) is 4.31 Å². The first-order valence-corrected chi connectivity index (χ1v) is 11.7. The molecule has 4 rings (SSSR count). The van der Waals surface area contributed by atoms with E-state index in [1.807, 2.05) is 30.3 Å². The van der Waals surface area contributed by atoms with E-state index in [1.165, 1.54) is 23.5 Å². The SMILES string of the molecule is COc1ccc(C(=O)Nc2cccc(Oc3ccccc3)c2)cc1S(=O)(=O)N1CCCC1. The van der Waals surface area contributed by atoms with Gasteiger partial charge >= 0.3 is 0 Å². The fraction of sp³-hybridized carbons (Fsp3) is 0.208. The summed E-state index contributed by atoms with van der Waals surface area (Å²) in [6.45, 7) is 0.937. The van der Waals surface area contributed by atoms with Gasteiger partial charge < -0.3 is 14.8 Å². The van der Waals surface area contributed by atoms with Gasteiger partial charge in [0.25, 0.3) is 5.91 Å². The molecule has 0 bridgehead atoms. The largest absolute Gasteiger partial charge is 0.495 e. The highest BCUT2D eigenvalue weighted by atomic mass is 32.2. The molecule has 0 saturated carbocycles. The molecule has 1 amide bonds. The molecule has 3 aromatic carbocycles. The van der Waals surface area contributed by atoms with Crippen molar-refractivity contribution in [3.05, 3.63) is 78.4 Å². The van der Waals surface area contributed by atoms with Crippen LogP contribution in [0, 0.1) is 0 Å². The Bertz CT molecular complexity index is 1210. The van der Waals surface area contributed by atoms with Crippen molar-refractivity contribution in [1.29, 1.82) is 0 Å². The first-order chi connectivity index (χ1) is 15.5. The summed E-state index contributed by atoms with van der Waals surface area (Å²) in [5, 5.41) is 2.80. The predicted molar refractivity (Wildman–Crippen MR) is 122 cm³/mol. The second kappa shape index (κ2) is 9.42. The van der Waals surface area contributed by atoms with Gasteiger partial charge in [-0.3, -0.25) is 4.79 Å². The number of amides is 1. The third-order valence-corrected chi connectivity index (χ3v) is 7.10. The highest BCUT2D eigenvalue weighted by Crippen LogP contribution is 2.30. The third-order valence-electron chi connectivity index (χ3n) is 5.18. The number of sulfonamides is 1. The predicted octanol–water partition coefficient (Wildman–Crippen LogP) is 4.52. The van der Waals surface area contributed by atoms with Gasteiger partial charge in [0.1, 0.15) is 22.1 Å². The Morgan fingerprint density at radius 1 is 0.906 bits per heavy atom. The van der Waals surface area contributed by atoms with E-state index in [-0.39, 0.29) is 16.2 Å². The molecule has 1 N–H and O–H groups in total. The summed E-state index contributed by atoms with van der Waals surface area (Å²) < 4.78 is 38.6. The molecule has 7 nitrogen and oxygen atoms in total. The Labute approximate surface area is 187 Å². The van der Waals surface area contributed by atoms with Gasteiger partial charge in [0.05, 0.1) is 7.11 Å². The van der Waals surface area contributed by atoms with Crippen LogP contribution in [0.5, 0.6) is 17.2 Å². The lowest BCUT2D eigenvalue weighted by Gasteiger charge is -2.18. The molecule has 1 aliphatic heterocycles. The molecular weight excluding hydrogens is 428 g/mol. The van der Waals surface area contributed by atoms with Crippen LogP contribution >= 0.6 is 0 Å². The quantitative estimate of drug-likeness (QED) is 0.570. The Kier molecular flexibility index (Phi) is 6.43. The molecule has 8 heteroatoms. The Morgan fingerprint density at radius 2 is 1.62 bits per heavy atom. The number of hydrogen-bond donors (Lipinski definition) is 1. The van der Waals surface area contributed by atoms with Crippen LogP contribution in [0.15, 0.2) is 77.7 Å². The lowest BCUT2D eigenvalue weighted by Crippen LogP contribution is -2.28. The van der Waals surface area contributed by atoms with Gasteiger partial charge in [-0.1, -0.05) is 24.3 Å². The van der Waals surface area contributed by atoms with E-state index in [2.05, 4.69) is 5.32 Å². The van der Waals surface area contributed by atoms with Crippen LogP contribution in [0.3, 0.4) is 0 Å². The summed E-state index contributed by atoms with van der Waals surface area (Å²) in [5.41, 5.74) is 0.751. The second-order valence-electron chi connectivity index (χ2n) is 7.37. The number of para-hydroxylation sites is 1. The number of anilines is 1. The molecule has 32 heavy (non-hydrogen) atoms. The van der Waals surface area contributed by atoms with Crippen LogP contribution in [-0.4, -0.2) is 38.8 Å². The van der Waals surface area contributed by atoms with Crippen molar-refractivity contribution in [1.82, 2.24) is 4.31 Å². The molecule has 1 fully saturated rings. The molecule has 166 valence electrons. The molecule has 0 aromatic heterocycles. The Hall–Kier alpha value is -3.36. The van der Waals surface area contributed by atoms with Gasteiger partial charge in [-0.25, -0.2) is 8.42 Å². The van der Waals surface area contributed by atoms with Gasteiger partial charge in [0.2, 0.25) is 10.0 Å². The summed E-state index contributed by atoms with van der Waals surface area (Å²) in [5.74, 6) is 1.04. The maximum Gasteiger partial charge on any atom is 0.255 e. The molecule has 1 heterocycles. The number of methoxy groups -OCH3 is 1. The van der Waals surface area contributed by atoms with Crippen LogP contribution in [0.25, 0.3) is 0 Å². The lowest BCUT2D eigenvalue weighted by atomic mass is 10.2. The monoisotopic (exact) mass is 452 g/mol. The smallest absolute Gasteiger partial charge is 0.255 e. The number of ether oxygens (including phenoxy) is 2. The molecule has 0 atom stereocenters. The zero-order chi connectivity index (χ0) is 22.6. The van der Waals surface area contributed by atoms with E-state index in [0.29, 0.717) is 30.3 Å². The summed E-state index contributed by atoms with van der Waals surface area (Å²) >= 11 is 0. The maximum absolute atomic E-state index is 13.1. The van der Waals surface area contributed by atoms with Crippen LogP contribution in [0.4, 0.5) is 5.69 Å². The number of hydrogen-bond acceptors (Lipinski definition) is 5. The first-order valence-electron chi connectivity index (χ1n) is 10.3. The van der Waals surface area contributed by atoms with Crippen molar-refractivity contribution >= 4 is 21.6 Å². The van der Waals surface area contributed by atoms with Crippen molar-refractivity contribution in [2.45, 2.75) is 17.7 Å². The van der Waals surface area contributed by atoms with E-state index in [1.54, 1.807) is 30.3 Å². The number of nitrogens with zero attached hydrogens (tertiary/aromatic N) is 1. The number of benzene rings is 3. The molecule has 0 aliphatic carbocycles. The standard InChI is InChI=1S/C24H24N2O5S/c1-30-22-13-12-18(16-23(22)32(28,29)26-14-5-6-15-26)24(27)25-19-8-7-11-21(17-19)31-20-9-3-2-4-10-20/h2-4,7-13,16-17H,5-6,14-15H2,1H3,(H,25,27). The molecule has 1 aliphatic rings. The maximum atomic E-state index is 13.1. The van der Waals surface area contributed by atoms with Crippen LogP contribution in [0.2, 0.25) is 0 Å². The molecule has 0 spiro atoms. The fourth-order valence-electron chi connectivity index (χ4n) is 3.55. The van der Waals surface area contributed by atoms with Crippen LogP contribution in [-0.2, 0) is 10.0 Å². The zero-order valence-corrected chi connectivity index (χ0v) is 18.5. The number of nitrogens with one attached hydrogen (secondary N) is 1. The molecule has 0 unspecified atom stereocenters. The van der Waals surface area contributed by atoms with Gasteiger partial charge in [0.15, 0.2) is 0 Å². The van der Waals surface area contributed by atoms with Crippen molar-refractivity contribution in [3.8, 4) is 17.2 Å².